The van der Waals surface area contributed by atoms with E-state index in [1.165, 1.54) is 11.0 Å². The molecule has 0 aliphatic heterocycles. The van der Waals surface area contributed by atoms with E-state index in [4.69, 9.17) is 0 Å². The second kappa shape index (κ2) is 6.14. The predicted octanol–water partition coefficient (Wildman–Crippen LogP) is 1.70. The Hall–Kier alpha value is -0.910. The molecule has 98 valence electrons. The minimum Gasteiger partial charge on any atom is -0.252 e. The van der Waals surface area contributed by atoms with Gasteiger partial charge >= 0.3 is 0 Å². The van der Waals surface area contributed by atoms with Gasteiger partial charge in [0, 0.05) is 7.05 Å². The van der Waals surface area contributed by atoms with E-state index >= 15 is 0 Å². The van der Waals surface area contributed by atoms with Gasteiger partial charge in [-0.3, -0.25) is 4.68 Å². The van der Waals surface area contributed by atoms with Crippen molar-refractivity contribution in [3.05, 3.63) is 12.2 Å². The lowest BCUT2D eigenvalue weighted by Crippen LogP contribution is -2.24. The molecular formula is C11H21N3O2S. The van der Waals surface area contributed by atoms with Gasteiger partial charge in [0.15, 0.2) is 9.84 Å². The molecule has 0 saturated heterocycles. The molecule has 0 aromatic carbocycles. The van der Waals surface area contributed by atoms with Crippen LogP contribution in [0.3, 0.4) is 0 Å². The average molecular weight is 259 g/mol. The molecule has 0 amide bonds. The van der Waals surface area contributed by atoms with Gasteiger partial charge in [0.1, 0.15) is 17.9 Å². The molecule has 1 aromatic rings. The van der Waals surface area contributed by atoms with Gasteiger partial charge in [-0.05, 0) is 12.8 Å². The van der Waals surface area contributed by atoms with Crippen LogP contribution in [0, 0.1) is 0 Å². The first-order chi connectivity index (χ1) is 8.01. The molecule has 0 aliphatic rings. The maximum Gasteiger partial charge on any atom is 0.160 e. The summed E-state index contributed by atoms with van der Waals surface area (Å²) in [5.41, 5.74) is 0. The standard InChI is InChI=1S/C11H21N3O2S/c1-4-6-10(7-5-2)17(15,16)8-11-12-9-13-14(11)3/h9-10H,4-8H2,1-3H3. The largest absolute Gasteiger partial charge is 0.252 e. The van der Waals surface area contributed by atoms with E-state index in [0.717, 1.165) is 25.7 Å². The predicted molar refractivity (Wildman–Crippen MR) is 67.2 cm³/mol. The second-order valence-electron chi connectivity index (χ2n) is 4.31. The molecule has 0 bridgehead atoms. The van der Waals surface area contributed by atoms with Crippen molar-refractivity contribution in [3.63, 3.8) is 0 Å². The number of sulfone groups is 1. The lowest BCUT2D eigenvalue weighted by atomic mass is 10.2. The molecule has 6 heteroatoms. The van der Waals surface area contributed by atoms with Crippen molar-refractivity contribution in [2.75, 3.05) is 0 Å². The molecule has 0 radical (unpaired) electrons. The monoisotopic (exact) mass is 259 g/mol. The van der Waals surface area contributed by atoms with Crippen LogP contribution in [0.5, 0.6) is 0 Å². The first-order valence-corrected chi connectivity index (χ1v) is 7.77. The molecule has 5 nitrogen and oxygen atoms in total. The summed E-state index contributed by atoms with van der Waals surface area (Å²) in [6.07, 6.45) is 4.63. The van der Waals surface area contributed by atoms with Crippen LogP contribution in [-0.4, -0.2) is 28.4 Å². The molecular weight excluding hydrogens is 238 g/mol. The van der Waals surface area contributed by atoms with Crippen LogP contribution in [0.2, 0.25) is 0 Å². The summed E-state index contributed by atoms with van der Waals surface area (Å²) in [7, 11) is -1.40. The van der Waals surface area contributed by atoms with Crippen LogP contribution in [0.1, 0.15) is 45.4 Å². The van der Waals surface area contributed by atoms with E-state index < -0.39 is 9.84 Å². The van der Waals surface area contributed by atoms with Crippen LogP contribution < -0.4 is 0 Å². The van der Waals surface area contributed by atoms with Gasteiger partial charge in [0.2, 0.25) is 0 Å². The van der Waals surface area contributed by atoms with E-state index in [-0.39, 0.29) is 11.0 Å². The van der Waals surface area contributed by atoms with Crippen LogP contribution in [-0.2, 0) is 22.6 Å². The van der Waals surface area contributed by atoms with Gasteiger partial charge in [0.05, 0.1) is 5.25 Å². The van der Waals surface area contributed by atoms with E-state index in [2.05, 4.69) is 10.1 Å². The van der Waals surface area contributed by atoms with Crippen molar-refractivity contribution in [1.82, 2.24) is 14.8 Å². The Morgan fingerprint density at radius 2 is 1.88 bits per heavy atom. The van der Waals surface area contributed by atoms with Crippen molar-refractivity contribution in [1.29, 1.82) is 0 Å². The second-order valence-corrected chi connectivity index (χ2v) is 6.59. The van der Waals surface area contributed by atoms with Crippen molar-refractivity contribution in [3.8, 4) is 0 Å². The Labute approximate surface area is 103 Å². The Morgan fingerprint density at radius 3 is 2.29 bits per heavy atom. The highest BCUT2D eigenvalue weighted by Gasteiger charge is 2.25. The van der Waals surface area contributed by atoms with Crippen molar-refractivity contribution < 1.29 is 8.42 Å². The lowest BCUT2D eigenvalue weighted by Gasteiger charge is -2.15. The highest BCUT2D eigenvalue weighted by atomic mass is 32.2. The van der Waals surface area contributed by atoms with E-state index in [1.54, 1.807) is 7.05 Å². The summed E-state index contributed by atoms with van der Waals surface area (Å²) in [6, 6.07) is 0. The van der Waals surface area contributed by atoms with Crippen LogP contribution in [0.15, 0.2) is 6.33 Å². The molecule has 0 atom stereocenters. The summed E-state index contributed by atoms with van der Waals surface area (Å²) in [4.78, 5) is 3.98. The highest BCUT2D eigenvalue weighted by Crippen LogP contribution is 2.18. The third kappa shape index (κ3) is 3.80. The number of rotatable bonds is 7. The maximum absolute atomic E-state index is 12.2. The molecule has 1 heterocycles. The van der Waals surface area contributed by atoms with Crippen molar-refractivity contribution in [2.24, 2.45) is 7.05 Å². The van der Waals surface area contributed by atoms with Crippen LogP contribution >= 0.6 is 0 Å². The Bertz CT molecular complexity index is 433. The third-order valence-electron chi connectivity index (χ3n) is 2.86. The summed E-state index contributed by atoms with van der Waals surface area (Å²) < 4.78 is 26.0. The molecule has 0 aliphatic carbocycles. The smallest absolute Gasteiger partial charge is 0.160 e. The number of hydrogen-bond donors (Lipinski definition) is 0. The zero-order valence-electron chi connectivity index (χ0n) is 10.8. The summed E-state index contributed by atoms with van der Waals surface area (Å²) in [6.45, 7) is 4.03. The van der Waals surface area contributed by atoms with E-state index in [0.29, 0.717) is 5.82 Å². The highest BCUT2D eigenvalue weighted by molar-refractivity contribution is 7.91. The van der Waals surface area contributed by atoms with Gasteiger partial charge in [-0.1, -0.05) is 26.7 Å². The minimum absolute atomic E-state index is 0.00579. The number of aromatic nitrogens is 3. The normalized spacial score (nSPS) is 12.2. The van der Waals surface area contributed by atoms with Gasteiger partial charge in [-0.15, -0.1) is 0 Å². The van der Waals surface area contributed by atoms with Crippen molar-refractivity contribution in [2.45, 2.75) is 50.5 Å². The molecule has 0 unspecified atom stereocenters. The van der Waals surface area contributed by atoms with Gasteiger partial charge in [-0.25, -0.2) is 13.4 Å². The summed E-state index contributed by atoms with van der Waals surface area (Å²) in [5.74, 6) is 0.510. The summed E-state index contributed by atoms with van der Waals surface area (Å²) >= 11 is 0. The third-order valence-corrected chi connectivity index (χ3v) is 5.01. The molecule has 0 spiro atoms. The fraction of sp³-hybridized carbons (Fsp3) is 0.818. The molecule has 0 N–H and O–H groups in total. The Balaban J connectivity index is 2.82. The molecule has 17 heavy (non-hydrogen) atoms. The Morgan fingerprint density at radius 1 is 1.29 bits per heavy atom. The first kappa shape index (κ1) is 14.2. The number of hydrogen-bond acceptors (Lipinski definition) is 4. The quantitative estimate of drug-likeness (QED) is 0.747. The van der Waals surface area contributed by atoms with Gasteiger partial charge in [-0.2, -0.15) is 5.10 Å². The van der Waals surface area contributed by atoms with Crippen LogP contribution in [0.25, 0.3) is 0 Å². The summed E-state index contributed by atoms with van der Waals surface area (Å²) in [5, 5.41) is 3.65. The molecule has 0 saturated carbocycles. The van der Waals surface area contributed by atoms with E-state index in [1.807, 2.05) is 13.8 Å². The maximum atomic E-state index is 12.2. The lowest BCUT2D eigenvalue weighted by molar-refractivity contribution is 0.550. The fourth-order valence-corrected chi connectivity index (χ4v) is 3.94. The zero-order valence-corrected chi connectivity index (χ0v) is 11.6. The molecule has 1 aromatic heterocycles. The van der Waals surface area contributed by atoms with E-state index in [9.17, 15) is 8.42 Å². The number of aryl methyl sites for hydroxylation is 1. The molecule has 0 fully saturated rings. The molecule has 1 rings (SSSR count). The zero-order chi connectivity index (χ0) is 12.9. The van der Waals surface area contributed by atoms with Gasteiger partial charge in [0.25, 0.3) is 0 Å². The topological polar surface area (TPSA) is 64.8 Å². The number of nitrogens with zero attached hydrogens (tertiary/aromatic N) is 3. The van der Waals surface area contributed by atoms with Gasteiger partial charge < -0.3 is 0 Å². The Kier molecular flexibility index (Phi) is 5.11. The fourth-order valence-electron chi connectivity index (χ4n) is 1.90. The average Bonchev–Trinajstić information content (AvgIpc) is 2.63. The van der Waals surface area contributed by atoms with Crippen LogP contribution in [0.4, 0.5) is 0 Å². The minimum atomic E-state index is -3.12. The van der Waals surface area contributed by atoms with Crippen molar-refractivity contribution >= 4 is 9.84 Å². The first-order valence-electron chi connectivity index (χ1n) is 6.05. The SMILES string of the molecule is CCCC(CCC)S(=O)(=O)Cc1ncnn1C.